The van der Waals surface area contributed by atoms with Crippen LogP contribution in [0.3, 0.4) is 0 Å². The predicted molar refractivity (Wildman–Crippen MR) is 82.7 cm³/mol. The molecule has 2 aromatic rings. The molecule has 128 valence electrons. The van der Waals surface area contributed by atoms with Gasteiger partial charge >= 0.3 is 6.18 Å². The Morgan fingerprint density at radius 2 is 1.75 bits per heavy atom. The van der Waals surface area contributed by atoms with Crippen LogP contribution in [0.25, 0.3) is 0 Å². The average Bonchev–Trinajstić information content (AvgIpc) is 2.52. The number of benzene rings is 2. The third-order valence-electron chi connectivity index (χ3n) is 3.61. The molecule has 2 rings (SSSR count). The first-order valence-electron chi connectivity index (χ1n) is 7.43. The van der Waals surface area contributed by atoms with E-state index in [1.807, 2.05) is 31.2 Å². The fourth-order valence-corrected chi connectivity index (χ4v) is 2.26. The molecule has 0 saturated carbocycles. The minimum atomic E-state index is -4.66. The van der Waals surface area contributed by atoms with Crippen molar-refractivity contribution in [3.63, 3.8) is 0 Å². The van der Waals surface area contributed by atoms with Crippen LogP contribution < -0.4 is 5.32 Å². The van der Waals surface area contributed by atoms with E-state index in [1.165, 1.54) is 0 Å². The van der Waals surface area contributed by atoms with E-state index >= 15 is 0 Å². The third kappa shape index (κ3) is 5.08. The SMILES string of the molecule is Cc1ccc(CCC(=O)NCc2ccc(F)cc2C(F)(F)F)cc1. The van der Waals surface area contributed by atoms with Crippen molar-refractivity contribution in [2.75, 3.05) is 0 Å². The summed E-state index contributed by atoms with van der Waals surface area (Å²) in [6.45, 7) is 1.67. The van der Waals surface area contributed by atoms with E-state index in [0.29, 0.717) is 12.5 Å². The lowest BCUT2D eigenvalue weighted by atomic mass is 10.1. The summed E-state index contributed by atoms with van der Waals surface area (Å²) in [5.74, 6) is -1.32. The molecule has 0 heterocycles. The normalized spacial score (nSPS) is 11.4. The number of nitrogens with one attached hydrogen (secondary N) is 1. The highest BCUT2D eigenvalue weighted by atomic mass is 19.4. The maximum Gasteiger partial charge on any atom is 0.416 e. The molecule has 0 aromatic heterocycles. The van der Waals surface area contributed by atoms with Crippen LogP contribution in [0.2, 0.25) is 0 Å². The van der Waals surface area contributed by atoms with E-state index in [9.17, 15) is 22.4 Å². The fourth-order valence-electron chi connectivity index (χ4n) is 2.26. The molecule has 2 aromatic carbocycles. The maximum atomic E-state index is 13.0. The predicted octanol–water partition coefficient (Wildman–Crippen LogP) is 4.40. The van der Waals surface area contributed by atoms with Crippen LogP contribution in [0.4, 0.5) is 17.6 Å². The van der Waals surface area contributed by atoms with Crippen LogP contribution in [-0.4, -0.2) is 5.91 Å². The van der Waals surface area contributed by atoms with Crippen LogP contribution in [0.15, 0.2) is 42.5 Å². The number of hydrogen-bond donors (Lipinski definition) is 1. The van der Waals surface area contributed by atoms with Crippen molar-refractivity contribution >= 4 is 5.91 Å². The maximum absolute atomic E-state index is 13.0. The second kappa shape index (κ2) is 7.47. The van der Waals surface area contributed by atoms with E-state index < -0.39 is 17.6 Å². The summed E-state index contributed by atoms with van der Waals surface area (Å²) in [5.41, 5.74) is 0.863. The van der Waals surface area contributed by atoms with Crippen molar-refractivity contribution in [2.24, 2.45) is 0 Å². The zero-order valence-electron chi connectivity index (χ0n) is 13.1. The van der Waals surface area contributed by atoms with Crippen molar-refractivity contribution < 1.29 is 22.4 Å². The molecule has 0 fully saturated rings. The van der Waals surface area contributed by atoms with Crippen molar-refractivity contribution in [1.29, 1.82) is 0 Å². The van der Waals surface area contributed by atoms with E-state index in [4.69, 9.17) is 0 Å². The van der Waals surface area contributed by atoms with Gasteiger partial charge in [-0.1, -0.05) is 35.9 Å². The molecule has 0 aliphatic carbocycles. The number of aryl methyl sites for hydroxylation is 2. The van der Waals surface area contributed by atoms with Crippen molar-refractivity contribution in [3.8, 4) is 0 Å². The molecule has 0 aliphatic rings. The molecule has 0 aliphatic heterocycles. The Hall–Kier alpha value is -2.37. The van der Waals surface area contributed by atoms with Crippen LogP contribution >= 0.6 is 0 Å². The second-order valence-corrected chi connectivity index (χ2v) is 5.56. The van der Waals surface area contributed by atoms with E-state index in [2.05, 4.69) is 5.32 Å². The number of hydrogen-bond acceptors (Lipinski definition) is 1. The first kappa shape index (κ1) is 18.0. The lowest BCUT2D eigenvalue weighted by Crippen LogP contribution is -2.24. The molecule has 2 nitrogen and oxygen atoms in total. The smallest absolute Gasteiger partial charge is 0.352 e. The Balaban J connectivity index is 1.93. The molecule has 0 radical (unpaired) electrons. The number of carbonyl (C=O) groups is 1. The number of amides is 1. The van der Waals surface area contributed by atoms with Crippen LogP contribution in [0.1, 0.15) is 28.7 Å². The number of alkyl halides is 3. The highest BCUT2D eigenvalue weighted by molar-refractivity contribution is 5.76. The molecule has 1 N–H and O–H groups in total. The van der Waals surface area contributed by atoms with Gasteiger partial charge in [-0.05, 0) is 36.6 Å². The summed E-state index contributed by atoms with van der Waals surface area (Å²) in [6.07, 6.45) is -3.99. The molecule has 0 atom stereocenters. The summed E-state index contributed by atoms with van der Waals surface area (Å²) in [6, 6.07) is 10.1. The Morgan fingerprint density at radius 3 is 2.38 bits per heavy atom. The van der Waals surface area contributed by atoms with E-state index in [0.717, 1.165) is 23.3 Å². The molecule has 6 heteroatoms. The van der Waals surface area contributed by atoms with Gasteiger partial charge in [0.1, 0.15) is 5.82 Å². The fraction of sp³-hybridized carbons (Fsp3) is 0.278. The number of carbonyl (C=O) groups excluding carboxylic acids is 1. The third-order valence-corrected chi connectivity index (χ3v) is 3.61. The standard InChI is InChI=1S/C18H17F4NO/c1-12-2-4-13(5-3-12)6-9-17(24)23-11-14-7-8-15(19)10-16(14)18(20,21)22/h2-5,7-8,10H,6,9,11H2,1H3,(H,23,24). The van der Waals surface area contributed by atoms with Gasteiger partial charge in [0.05, 0.1) is 5.56 Å². The summed E-state index contributed by atoms with van der Waals surface area (Å²) in [4.78, 5) is 11.8. The average molecular weight is 339 g/mol. The Labute approximate surface area is 137 Å². The quantitative estimate of drug-likeness (QED) is 0.804. The first-order valence-corrected chi connectivity index (χ1v) is 7.43. The Kier molecular flexibility index (Phi) is 5.59. The topological polar surface area (TPSA) is 29.1 Å². The zero-order valence-corrected chi connectivity index (χ0v) is 13.1. The molecular formula is C18H17F4NO. The highest BCUT2D eigenvalue weighted by Gasteiger charge is 2.33. The van der Waals surface area contributed by atoms with Crippen LogP contribution in [0, 0.1) is 12.7 Å². The van der Waals surface area contributed by atoms with Crippen molar-refractivity contribution in [1.82, 2.24) is 5.32 Å². The van der Waals surface area contributed by atoms with E-state index in [1.54, 1.807) is 0 Å². The summed E-state index contributed by atoms with van der Waals surface area (Å²) < 4.78 is 51.7. The zero-order chi connectivity index (χ0) is 17.7. The molecule has 0 saturated heterocycles. The van der Waals surface area contributed by atoms with Crippen molar-refractivity contribution in [3.05, 3.63) is 70.5 Å². The van der Waals surface area contributed by atoms with Crippen molar-refractivity contribution in [2.45, 2.75) is 32.5 Å². The van der Waals surface area contributed by atoms with Gasteiger partial charge in [0.25, 0.3) is 0 Å². The lowest BCUT2D eigenvalue weighted by Gasteiger charge is -2.13. The molecule has 0 bridgehead atoms. The van der Waals surface area contributed by atoms with Gasteiger partial charge in [-0.15, -0.1) is 0 Å². The summed E-state index contributed by atoms with van der Waals surface area (Å²) in [7, 11) is 0. The largest absolute Gasteiger partial charge is 0.416 e. The first-order chi connectivity index (χ1) is 11.3. The minimum absolute atomic E-state index is 0.160. The molecule has 1 amide bonds. The lowest BCUT2D eigenvalue weighted by molar-refractivity contribution is -0.138. The molecular weight excluding hydrogens is 322 g/mol. The van der Waals surface area contributed by atoms with Gasteiger partial charge in [0.15, 0.2) is 0 Å². The summed E-state index contributed by atoms with van der Waals surface area (Å²) >= 11 is 0. The van der Waals surface area contributed by atoms with Crippen LogP contribution in [-0.2, 0) is 23.9 Å². The van der Waals surface area contributed by atoms with E-state index in [-0.39, 0.29) is 24.4 Å². The van der Waals surface area contributed by atoms with Gasteiger partial charge in [-0.2, -0.15) is 13.2 Å². The molecule has 24 heavy (non-hydrogen) atoms. The number of halogens is 4. The number of rotatable bonds is 5. The van der Waals surface area contributed by atoms with Gasteiger partial charge in [-0.25, -0.2) is 4.39 Å². The monoisotopic (exact) mass is 339 g/mol. The van der Waals surface area contributed by atoms with Gasteiger partial charge in [0, 0.05) is 13.0 Å². The van der Waals surface area contributed by atoms with Gasteiger partial charge in [-0.3, -0.25) is 4.79 Å². The minimum Gasteiger partial charge on any atom is -0.352 e. The highest BCUT2D eigenvalue weighted by Crippen LogP contribution is 2.32. The molecule has 0 spiro atoms. The van der Waals surface area contributed by atoms with Gasteiger partial charge in [0.2, 0.25) is 5.91 Å². The second-order valence-electron chi connectivity index (χ2n) is 5.56. The summed E-state index contributed by atoms with van der Waals surface area (Å²) in [5, 5.41) is 2.45. The Morgan fingerprint density at radius 1 is 1.08 bits per heavy atom. The van der Waals surface area contributed by atoms with Gasteiger partial charge < -0.3 is 5.32 Å². The van der Waals surface area contributed by atoms with Crippen LogP contribution in [0.5, 0.6) is 0 Å². The molecule has 0 unspecified atom stereocenters. The Bertz CT molecular complexity index is 708.